The molecule has 0 radical (unpaired) electrons. The minimum absolute atomic E-state index is 0.0592. The Labute approximate surface area is 117 Å². The van der Waals surface area contributed by atoms with Gasteiger partial charge in [-0.25, -0.2) is 0 Å². The van der Waals surface area contributed by atoms with E-state index in [1.165, 1.54) is 4.57 Å². The number of fused-ring (bicyclic) bond motifs is 1. The zero-order valence-electron chi connectivity index (χ0n) is 11.4. The number of carboxylic acid groups (broad SMARTS) is 1. The number of aliphatic carboxylic acids is 1. The molecule has 0 fully saturated rings. The zero-order chi connectivity index (χ0) is 14.7. The molecule has 0 unspecified atom stereocenters. The van der Waals surface area contributed by atoms with Crippen molar-refractivity contribution in [2.45, 2.75) is 32.7 Å². The van der Waals surface area contributed by atoms with Gasteiger partial charge in [-0.1, -0.05) is 19.1 Å². The summed E-state index contributed by atoms with van der Waals surface area (Å²) in [5, 5.41) is 30.1. The molecule has 0 bridgehead atoms. The first-order valence-electron chi connectivity index (χ1n) is 6.71. The van der Waals surface area contributed by atoms with E-state index >= 15 is 0 Å². The molecular weight excluding hydrogens is 258 g/mol. The van der Waals surface area contributed by atoms with Gasteiger partial charge in [0.25, 0.3) is 0 Å². The highest BCUT2D eigenvalue weighted by Crippen LogP contribution is 2.36. The molecule has 0 saturated carbocycles. The van der Waals surface area contributed by atoms with Crippen LogP contribution in [0.4, 0.5) is 0 Å². The molecule has 5 nitrogen and oxygen atoms in total. The highest BCUT2D eigenvalue weighted by Gasteiger charge is 2.15. The standard InChI is InChI=1S/C15H19NO4/c1-10(9-13(17)18)5-4-8-16-14(19)11-6-2-3-7-12(11)15(16)20/h2-3,6-7,10,19-20H,4-5,8-9H2,1H3,(H,17,18)/t10-/m1/s1. The molecule has 5 heteroatoms. The molecule has 108 valence electrons. The smallest absolute Gasteiger partial charge is 0.303 e. The van der Waals surface area contributed by atoms with Crippen LogP contribution in [0, 0.1) is 5.92 Å². The number of hydrogen-bond acceptors (Lipinski definition) is 3. The first-order chi connectivity index (χ1) is 9.50. The van der Waals surface area contributed by atoms with Gasteiger partial charge in [-0.3, -0.25) is 9.36 Å². The predicted molar refractivity (Wildman–Crippen MR) is 75.9 cm³/mol. The van der Waals surface area contributed by atoms with Crippen molar-refractivity contribution >= 4 is 16.7 Å². The van der Waals surface area contributed by atoms with Crippen LogP contribution in [0.5, 0.6) is 11.8 Å². The Bertz CT molecular complexity index is 579. The van der Waals surface area contributed by atoms with Crippen molar-refractivity contribution in [1.82, 2.24) is 4.57 Å². The van der Waals surface area contributed by atoms with Gasteiger partial charge in [0, 0.05) is 23.7 Å². The van der Waals surface area contributed by atoms with Crippen LogP contribution in [0.15, 0.2) is 24.3 Å². The SMILES string of the molecule is C[C@H](CCCn1c(O)c2ccccc2c1O)CC(=O)O. The molecule has 2 aromatic rings. The van der Waals surface area contributed by atoms with Crippen LogP contribution in [0.1, 0.15) is 26.2 Å². The molecule has 1 aromatic heterocycles. The van der Waals surface area contributed by atoms with Crippen LogP contribution in [0.3, 0.4) is 0 Å². The molecule has 0 aliphatic carbocycles. The molecule has 1 heterocycles. The third-order valence-electron chi connectivity index (χ3n) is 3.52. The Balaban J connectivity index is 2.05. The molecular formula is C15H19NO4. The topological polar surface area (TPSA) is 82.7 Å². The lowest BCUT2D eigenvalue weighted by Crippen LogP contribution is -2.06. The zero-order valence-corrected chi connectivity index (χ0v) is 11.4. The summed E-state index contributed by atoms with van der Waals surface area (Å²) in [6.45, 7) is 2.36. The second-order valence-electron chi connectivity index (χ2n) is 5.19. The Hall–Kier alpha value is -2.17. The fraction of sp³-hybridized carbons (Fsp3) is 0.400. The fourth-order valence-electron chi connectivity index (χ4n) is 2.47. The summed E-state index contributed by atoms with van der Waals surface area (Å²) < 4.78 is 1.47. The minimum Gasteiger partial charge on any atom is -0.494 e. The number of nitrogens with zero attached hydrogens (tertiary/aromatic N) is 1. The van der Waals surface area contributed by atoms with E-state index in [4.69, 9.17) is 5.11 Å². The van der Waals surface area contributed by atoms with Crippen molar-refractivity contribution in [2.24, 2.45) is 5.92 Å². The van der Waals surface area contributed by atoms with Gasteiger partial charge in [0.05, 0.1) is 0 Å². The number of aromatic nitrogens is 1. The van der Waals surface area contributed by atoms with Crippen LogP contribution in [-0.2, 0) is 11.3 Å². The van der Waals surface area contributed by atoms with Gasteiger partial charge in [-0.15, -0.1) is 0 Å². The first kappa shape index (κ1) is 14.2. The molecule has 0 aliphatic rings. The van der Waals surface area contributed by atoms with Crippen molar-refractivity contribution in [2.75, 3.05) is 0 Å². The van der Waals surface area contributed by atoms with E-state index in [2.05, 4.69) is 0 Å². The van der Waals surface area contributed by atoms with Crippen LogP contribution in [0.25, 0.3) is 10.8 Å². The lowest BCUT2D eigenvalue weighted by atomic mass is 10.0. The summed E-state index contributed by atoms with van der Waals surface area (Å²) in [6.07, 6.45) is 1.59. The molecule has 0 saturated heterocycles. The largest absolute Gasteiger partial charge is 0.494 e. The van der Waals surface area contributed by atoms with E-state index in [9.17, 15) is 15.0 Å². The third kappa shape index (κ3) is 2.87. The average molecular weight is 277 g/mol. The molecule has 0 aliphatic heterocycles. The molecule has 1 aromatic carbocycles. The van der Waals surface area contributed by atoms with Crippen molar-refractivity contribution in [3.8, 4) is 11.8 Å². The summed E-state index contributed by atoms with van der Waals surface area (Å²) >= 11 is 0. The highest BCUT2D eigenvalue weighted by atomic mass is 16.4. The van der Waals surface area contributed by atoms with E-state index < -0.39 is 5.97 Å². The van der Waals surface area contributed by atoms with E-state index in [1.54, 1.807) is 24.3 Å². The van der Waals surface area contributed by atoms with Crippen molar-refractivity contribution in [3.63, 3.8) is 0 Å². The van der Waals surface area contributed by atoms with Gasteiger partial charge in [-0.2, -0.15) is 0 Å². The van der Waals surface area contributed by atoms with E-state index in [-0.39, 0.29) is 24.1 Å². The monoisotopic (exact) mass is 277 g/mol. The average Bonchev–Trinajstić information content (AvgIpc) is 2.63. The number of rotatable bonds is 6. The van der Waals surface area contributed by atoms with Gasteiger partial charge < -0.3 is 15.3 Å². The third-order valence-corrected chi connectivity index (χ3v) is 3.52. The van der Waals surface area contributed by atoms with Crippen molar-refractivity contribution in [1.29, 1.82) is 0 Å². The summed E-state index contributed by atoms with van der Waals surface area (Å²) in [6, 6.07) is 7.13. The van der Waals surface area contributed by atoms with Crippen LogP contribution < -0.4 is 0 Å². The number of aromatic hydroxyl groups is 2. The Morgan fingerprint density at radius 3 is 2.25 bits per heavy atom. The second kappa shape index (κ2) is 5.86. The van der Waals surface area contributed by atoms with E-state index in [0.29, 0.717) is 23.7 Å². The molecule has 0 amide bonds. The Morgan fingerprint density at radius 1 is 1.20 bits per heavy atom. The Kier molecular flexibility index (Phi) is 4.17. The number of carbonyl (C=O) groups is 1. The van der Waals surface area contributed by atoms with Crippen LogP contribution >= 0.6 is 0 Å². The quantitative estimate of drug-likeness (QED) is 0.758. The van der Waals surface area contributed by atoms with E-state index in [1.807, 2.05) is 6.92 Å². The number of benzene rings is 1. The lowest BCUT2D eigenvalue weighted by molar-refractivity contribution is -0.138. The van der Waals surface area contributed by atoms with Gasteiger partial charge >= 0.3 is 5.97 Å². The minimum atomic E-state index is -0.796. The van der Waals surface area contributed by atoms with Gasteiger partial charge in [0.2, 0.25) is 11.8 Å². The molecule has 1 atom stereocenters. The number of hydrogen-bond donors (Lipinski definition) is 3. The normalized spacial score (nSPS) is 12.7. The maximum atomic E-state index is 10.6. The Morgan fingerprint density at radius 2 is 1.75 bits per heavy atom. The van der Waals surface area contributed by atoms with Gasteiger partial charge in [0.1, 0.15) is 0 Å². The molecule has 2 rings (SSSR count). The van der Waals surface area contributed by atoms with Gasteiger partial charge in [0.15, 0.2) is 0 Å². The maximum Gasteiger partial charge on any atom is 0.303 e. The second-order valence-corrected chi connectivity index (χ2v) is 5.19. The molecule has 20 heavy (non-hydrogen) atoms. The predicted octanol–water partition coefficient (Wildman–Crippen LogP) is 2.94. The first-order valence-corrected chi connectivity index (χ1v) is 6.71. The van der Waals surface area contributed by atoms with Gasteiger partial charge in [-0.05, 0) is 30.9 Å². The summed E-state index contributed by atoms with van der Waals surface area (Å²) in [5.41, 5.74) is 0. The van der Waals surface area contributed by atoms with E-state index in [0.717, 1.165) is 6.42 Å². The lowest BCUT2D eigenvalue weighted by Gasteiger charge is -2.10. The fourth-order valence-corrected chi connectivity index (χ4v) is 2.47. The molecule has 3 N–H and O–H groups in total. The summed E-state index contributed by atoms with van der Waals surface area (Å²) in [7, 11) is 0. The van der Waals surface area contributed by atoms with Crippen LogP contribution in [0.2, 0.25) is 0 Å². The molecule has 0 spiro atoms. The summed E-state index contributed by atoms with van der Waals surface area (Å²) in [5.74, 6) is -0.593. The van der Waals surface area contributed by atoms with Crippen molar-refractivity contribution in [3.05, 3.63) is 24.3 Å². The van der Waals surface area contributed by atoms with Crippen molar-refractivity contribution < 1.29 is 20.1 Å². The number of carboxylic acids is 1. The highest BCUT2D eigenvalue weighted by molar-refractivity contribution is 5.92. The summed E-state index contributed by atoms with van der Waals surface area (Å²) in [4.78, 5) is 10.6. The maximum absolute atomic E-state index is 10.6. The van der Waals surface area contributed by atoms with Crippen LogP contribution in [-0.4, -0.2) is 25.9 Å².